The van der Waals surface area contributed by atoms with Crippen LogP contribution in [0.2, 0.25) is 42.3 Å². The van der Waals surface area contributed by atoms with Crippen LogP contribution < -0.4 is 0 Å². The SMILES string of the molecule is CC(C)[Si](C#Cc1c(CN(C(=O)OC(C)(C)C)C(=O)OC(C)(C)C)cnc2c1ccn2COCC[Si](C)(C)C)(C(C)C)C(C)C. The van der Waals surface area contributed by atoms with Crippen LogP contribution in [0.4, 0.5) is 9.59 Å². The van der Waals surface area contributed by atoms with Gasteiger partial charge < -0.3 is 18.8 Å². The number of imide groups is 1. The molecule has 0 N–H and O–H groups in total. The van der Waals surface area contributed by atoms with Crippen molar-refractivity contribution in [1.82, 2.24) is 14.5 Å². The van der Waals surface area contributed by atoms with Gasteiger partial charge in [-0.15, -0.1) is 5.54 Å². The van der Waals surface area contributed by atoms with E-state index >= 15 is 0 Å². The van der Waals surface area contributed by atoms with Crippen LogP contribution >= 0.6 is 0 Å². The molecule has 0 aliphatic rings. The number of nitrogens with zero attached hydrogens (tertiary/aromatic N) is 3. The molecular weight excluding hydrogens is 599 g/mol. The number of carbonyl (C=O) groups is 2. The van der Waals surface area contributed by atoms with Crippen LogP contribution in [0.15, 0.2) is 18.5 Å². The molecule has 45 heavy (non-hydrogen) atoms. The fourth-order valence-corrected chi connectivity index (χ4v) is 11.7. The lowest BCUT2D eigenvalue weighted by Crippen LogP contribution is -2.43. The molecule has 0 fully saturated rings. The largest absolute Gasteiger partial charge is 0.443 e. The van der Waals surface area contributed by atoms with E-state index < -0.39 is 39.5 Å². The van der Waals surface area contributed by atoms with E-state index in [4.69, 9.17) is 19.2 Å². The quantitative estimate of drug-likeness (QED) is 0.144. The van der Waals surface area contributed by atoms with Crippen molar-refractivity contribution in [3.05, 3.63) is 29.6 Å². The van der Waals surface area contributed by atoms with Gasteiger partial charge in [0.2, 0.25) is 0 Å². The zero-order chi connectivity index (χ0) is 34.5. The summed E-state index contributed by atoms with van der Waals surface area (Å²) in [5.74, 6) is 3.61. The molecule has 0 saturated carbocycles. The summed E-state index contributed by atoms with van der Waals surface area (Å²) in [6.45, 7) is 32.3. The normalized spacial score (nSPS) is 12.9. The van der Waals surface area contributed by atoms with Crippen LogP contribution in [-0.2, 0) is 27.5 Å². The van der Waals surface area contributed by atoms with Crippen LogP contribution in [0.5, 0.6) is 0 Å². The Morgan fingerprint density at radius 1 is 0.911 bits per heavy atom. The van der Waals surface area contributed by atoms with Crippen LogP contribution in [-0.4, -0.2) is 60.6 Å². The fourth-order valence-electron chi connectivity index (χ4n) is 5.70. The predicted octanol–water partition coefficient (Wildman–Crippen LogP) is 9.59. The highest BCUT2D eigenvalue weighted by Crippen LogP contribution is 2.41. The van der Waals surface area contributed by atoms with E-state index in [-0.39, 0.29) is 6.54 Å². The van der Waals surface area contributed by atoms with E-state index in [9.17, 15) is 9.59 Å². The molecule has 0 spiro atoms. The van der Waals surface area contributed by atoms with Gasteiger partial charge in [0.1, 0.15) is 31.7 Å². The molecular formula is C35H59N3O5Si2. The zero-order valence-electron chi connectivity index (χ0n) is 30.7. The summed E-state index contributed by atoms with van der Waals surface area (Å²) in [7, 11) is -3.33. The molecule has 8 nitrogen and oxygen atoms in total. The van der Waals surface area contributed by atoms with E-state index in [1.807, 2.05) is 16.8 Å². The fraction of sp³-hybridized carbons (Fsp3) is 0.686. The molecule has 2 rings (SSSR count). The summed E-state index contributed by atoms with van der Waals surface area (Å²) in [5, 5.41) is 0.862. The molecule has 0 radical (unpaired) electrons. The van der Waals surface area contributed by atoms with Gasteiger partial charge in [-0.3, -0.25) is 0 Å². The van der Waals surface area contributed by atoms with Crippen LogP contribution in [0.25, 0.3) is 11.0 Å². The smallest absolute Gasteiger partial charge is 0.420 e. The van der Waals surface area contributed by atoms with Gasteiger partial charge in [0.15, 0.2) is 0 Å². The van der Waals surface area contributed by atoms with Gasteiger partial charge in [0, 0.05) is 43.6 Å². The maximum atomic E-state index is 13.4. The molecule has 2 aromatic rings. The first kappa shape index (κ1) is 38.6. The number of fused-ring (bicyclic) bond motifs is 1. The Kier molecular flexibility index (Phi) is 12.7. The minimum atomic E-state index is -2.11. The lowest BCUT2D eigenvalue weighted by molar-refractivity contribution is -0.000268. The summed E-state index contributed by atoms with van der Waals surface area (Å²) in [6.07, 6.45) is 2.13. The van der Waals surface area contributed by atoms with Crippen molar-refractivity contribution in [3.63, 3.8) is 0 Å². The van der Waals surface area contributed by atoms with Crippen molar-refractivity contribution in [3.8, 4) is 11.5 Å². The summed E-state index contributed by atoms with van der Waals surface area (Å²) in [5.41, 5.74) is 5.73. The average molecular weight is 658 g/mol. The molecule has 2 aromatic heterocycles. The number of amides is 2. The Hall–Kier alpha value is -2.62. The van der Waals surface area contributed by atoms with Gasteiger partial charge in [-0.2, -0.15) is 0 Å². The standard InChI is InChI=1S/C35H59N3O5Si2/c1-25(2)45(26(3)4,27(5)6)20-17-29-28(23-38(32(39)42-34(7,8)9)33(40)43-35(10,11)12)22-36-31-30(29)16-18-37(31)24-41-19-21-44(13,14)15/h16,18,22,25-27H,19,21,23-24H2,1-15H3. The molecule has 0 aliphatic heterocycles. The second-order valence-electron chi connectivity index (χ2n) is 16.2. The summed E-state index contributed by atoms with van der Waals surface area (Å²) in [6, 6.07) is 3.09. The van der Waals surface area contributed by atoms with Crippen molar-refractivity contribution in [2.24, 2.45) is 0 Å². The van der Waals surface area contributed by atoms with Crippen molar-refractivity contribution in [1.29, 1.82) is 0 Å². The molecule has 0 aromatic carbocycles. The summed E-state index contributed by atoms with van der Waals surface area (Å²) < 4.78 is 19.3. The highest BCUT2D eigenvalue weighted by Gasteiger charge is 2.42. The first-order valence-electron chi connectivity index (χ1n) is 16.3. The molecule has 0 aliphatic carbocycles. The van der Waals surface area contributed by atoms with Gasteiger partial charge >= 0.3 is 12.2 Å². The summed E-state index contributed by atoms with van der Waals surface area (Å²) in [4.78, 5) is 32.6. The first-order chi connectivity index (χ1) is 20.5. The van der Waals surface area contributed by atoms with Crippen LogP contribution in [0, 0.1) is 11.5 Å². The monoisotopic (exact) mass is 657 g/mol. The van der Waals surface area contributed by atoms with Gasteiger partial charge in [-0.05, 0) is 70.3 Å². The van der Waals surface area contributed by atoms with Crippen molar-refractivity contribution < 1.29 is 23.8 Å². The predicted molar refractivity (Wildman–Crippen MR) is 190 cm³/mol. The van der Waals surface area contributed by atoms with Crippen LogP contribution in [0.3, 0.4) is 0 Å². The second-order valence-corrected chi connectivity index (χ2v) is 27.4. The molecule has 2 heterocycles. The highest BCUT2D eigenvalue weighted by atomic mass is 28.3. The average Bonchev–Trinajstić information content (AvgIpc) is 3.25. The maximum absolute atomic E-state index is 13.4. The topological polar surface area (TPSA) is 82.9 Å². The molecule has 252 valence electrons. The zero-order valence-corrected chi connectivity index (χ0v) is 32.7. The summed E-state index contributed by atoms with van der Waals surface area (Å²) >= 11 is 0. The minimum absolute atomic E-state index is 0.0890. The lowest BCUT2D eigenvalue weighted by Gasteiger charge is -2.38. The molecule has 10 heteroatoms. The Labute approximate surface area is 274 Å². The molecule has 0 unspecified atom stereocenters. The van der Waals surface area contributed by atoms with Gasteiger partial charge in [0.05, 0.1) is 6.54 Å². The molecule has 2 amide bonds. The van der Waals surface area contributed by atoms with E-state index in [1.54, 1.807) is 47.7 Å². The third kappa shape index (κ3) is 10.7. The van der Waals surface area contributed by atoms with E-state index in [1.165, 1.54) is 0 Å². The number of pyridine rings is 1. The van der Waals surface area contributed by atoms with Crippen molar-refractivity contribution >= 4 is 39.4 Å². The highest BCUT2D eigenvalue weighted by molar-refractivity contribution is 6.90. The molecule has 0 bridgehead atoms. The van der Waals surface area contributed by atoms with Crippen molar-refractivity contribution in [2.75, 3.05) is 6.61 Å². The Balaban J connectivity index is 2.74. The van der Waals surface area contributed by atoms with Gasteiger partial charge in [-0.1, -0.05) is 67.1 Å². The third-order valence-corrected chi connectivity index (χ3v) is 15.9. The Bertz CT molecular complexity index is 1330. The molecule has 0 atom stereocenters. The number of hydrogen-bond donors (Lipinski definition) is 0. The van der Waals surface area contributed by atoms with Crippen LogP contribution in [0.1, 0.15) is 94.2 Å². The number of ether oxygens (including phenoxy) is 3. The van der Waals surface area contributed by atoms with Crippen molar-refractivity contribution in [2.45, 2.75) is 150 Å². The van der Waals surface area contributed by atoms with Gasteiger partial charge in [-0.25, -0.2) is 19.5 Å². The Morgan fingerprint density at radius 3 is 1.87 bits per heavy atom. The third-order valence-electron chi connectivity index (χ3n) is 7.92. The second kappa shape index (κ2) is 14.9. The number of rotatable bonds is 10. The van der Waals surface area contributed by atoms with E-state index in [2.05, 4.69) is 72.6 Å². The maximum Gasteiger partial charge on any atom is 0.420 e. The Morgan fingerprint density at radius 2 is 1.42 bits per heavy atom. The number of hydrogen-bond acceptors (Lipinski definition) is 6. The first-order valence-corrected chi connectivity index (χ1v) is 22.2. The van der Waals surface area contributed by atoms with E-state index in [0.717, 1.165) is 27.5 Å². The minimum Gasteiger partial charge on any atom is -0.443 e. The number of carbonyl (C=O) groups excluding carboxylic acids is 2. The number of aromatic nitrogens is 2. The molecule has 0 saturated heterocycles. The lowest BCUT2D eigenvalue weighted by atomic mass is 10.1. The van der Waals surface area contributed by atoms with Gasteiger partial charge in [0.25, 0.3) is 0 Å². The van der Waals surface area contributed by atoms with E-state index in [0.29, 0.717) is 35.5 Å².